The first-order chi connectivity index (χ1) is 8.70. The number of carbonyl (C=O) groups is 1. The van der Waals surface area contributed by atoms with E-state index >= 15 is 0 Å². The lowest BCUT2D eigenvalue weighted by Gasteiger charge is -2.09. The second-order valence-corrected chi connectivity index (χ2v) is 4.07. The van der Waals surface area contributed by atoms with Crippen molar-refractivity contribution >= 4 is 23.2 Å². The van der Waals surface area contributed by atoms with E-state index < -0.39 is 0 Å². The van der Waals surface area contributed by atoms with Crippen molar-refractivity contribution in [1.29, 1.82) is 0 Å². The van der Waals surface area contributed by atoms with Crippen LogP contribution in [0.3, 0.4) is 0 Å². The molecule has 0 aliphatic rings. The molecule has 4 heteroatoms. The molecule has 0 spiro atoms. The topological polar surface area (TPSA) is 38.3 Å². The van der Waals surface area contributed by atoms with Crippen LogP contribution in [0.15, 0.2) is 48.5 Å². The van der Waals surface area contributed by atoms with Gasteiger partial charge in [-0.05, 0) is 24.3 Å². The fraction of sp³-hybridized carbons (Fsp3) is 0.0714. The third-order valence-corrected chi connectivity index (χ3v) is 2.79. The number of ether oxygens (including phenoxy) is 1. The van der Waals surface area contributed by atoms with Gasteiger partial charge in [-0.1, -0.05) is 29.8 Å². The van der Waals surface area contributed by atoms with Crippen LogP contribution in [0.1, 0.15) is 10.4 Å². The minimum absolute atomic E-state index is 0.203. The molecule has 3 nitrogen and oxygen atoms in total. The van der Waals surface area contributed by atoms with E-state index in [1.807, 2.05) is 18.2 Å². The van der Waals surface area contributed by atoms with Crippen LogP contribution in [-0.4, -0.2) is 13.0 Å². The van der Waals surface area contributed by atoms with Gasteiger partial charge in [0.25, 0.3) is 5.91 Å². The first-order valence-corrected chi connectivity index (χ1v) is 5.78. The molecule has 0 heterocycles. The van der Waals surface area contributed by atoms with Crippen molar-refractivity contribution in [3.05, 3.63) is 59.1 Å². The first kappa shape index (κ1) is 12.5. The van der Waals surface area contributed by atoms with Gasteiger partial charge in [0.2, 0.25) is 0 Å². The second-order valence-electron chi connectivity index (χ2n) is 3.67. The number of halogens is 1. The molecular weight excluding hydrogens is 250 g/mol. The van der Waals surface area contributed by atoms with Crippen LogP contribution in [-0.2, 0) is 0 Å². The van der Waals surface area contributed by atoms with E-state index in [1.54, 1.807) is 37.4 Å². The van der Waals surface area contributed by atoms with E-state index in [2.05, 4.69) is 5.32 Å². The molecule has 0 atom stereocenters. The fourth-order valence-corrected chi connectivity index (χ4v) is 1.68. The third-order valence-electron chi connectivity index (χ3n) is 2.46. The highest BCUT2D eigenvalue weighted by Gasteiger charge is 2.08. The Hall–Kier alpha value is -2.00. The van der Waals surface area contributed by atoms with Crippen LogP contribution in [0.5, 0.6) is 5.75 Å². The number of nitrogens with one attached hydrogen (secondary N) is 1. The Kier molecular flexibility index (Phi) is 3.85. The molecule has 0 saturated carbocycles. The summed E-state index contributed by atoms with van der Waals surface area (Å²) in [4.78, 5) is 12.0. The van der Waals surface area contributed by atoms with E-state index in [4.69, 9.17) is 16.3 Å². The summed E-state index contributed by atoms with van der Waals surface area (Å²) in [7, 11) is 1.56. The number of hydrogen-bond donors (Lipinski definition) is 1. The number of rotatable bonds is 3. The molecule has 92 valence electrons. The summed E-state index contributed by atoms with van der Waals surface area (Å²) in [6, 6.07) is 14.1. The van der Waals surface area contributed by atoms with Gasteiger partial charge in [-0.2, -0.15) is 0 Å². The molecule has 0 saturated heterocycles. The number of carbonyl (C=O) groups excluding carboxylic acids is 1. The highest BCUT2D eigenvalue weighted by atomic mass is 35.5. The molecule has 0 unspecified atom stereocenters. The van der Waals surface area contributed by atoms with Gasteiger partial charge in [0.15, 0.2) is 0 Å². The number of amides is 1. The summed E-state index contributed by atoms with van der Waals surface area (Å²) in [6.07, 6.45) is 0. The zero-order chi connectivity index (χ0) is 13.0. The van der Waals surface area contributed by atoms with Gasteiger partial charge >= 0.3 is 0 Å². The molecule has 2 aromatic rings. The van der Waals surface area contributed by atoms with Gasteiger partial charge in [-0.3, -0.25) is 4.79 Å². The summed E-state index contributed by atoms with van der Waals surface area (Å²) in [5.41, 5.74) is 1.11. The quantitative estimate of drug-likeness (QED) is 0.917. The molecule has 0 aliphatic carbocycles. The van der Waals surface area contributed by atoms with Crippen molar-refractivity contribution in [2.75, 3.05) is 12.4 Å². The third kappa shape index (κ3) is 2.81. The van der Waals surface area contributed by atoms with E-state index in [-0.39, 0.29) is 5.91 Å². The molecule has 0 radical (unpaired) electrons. The van der Waals surface area contributed by atoms with Crippen molar-refractivity contribution in [3.63, 3.8) is 0 Å². The summed E-state index contributed by atoms with van der Waals surface area (Å²) in [5.74, 6) is 0.438. The Bertz CT molecular complexity index is 555. The standard InChI is InChI=1S/C14H12ClNO2/c1-18-11-7-8-12(15)13(9-11)16-14(17)10-5-3-2-4-6-10/h2-9H,1H3,(H,16,17). The van der Waals surface area contributed by atoms with E-state index in [9.17, 15) is 4.79 Å². The average molecular weight is 262 g/mol. The molecule has 2 rings (SSSR count). The lowest BCUT2D eigenvalue weighted by atomic mass is 10.2. The van der Waals surface area contributed by atoms with Crippen molar-refractivity contribution in [2.45, 2.75) is 0 Å². The Morgan fingerprint density at radius 2 is 1.89 bits per heavy atom. The summed E-state index contributed by atoms with van der Waals surface area (Å²) in [5, 5.41) is 3.22. The number of methoxy groups -OCH3 is 1. The summed E-state index contributed by atoms with van der Waals surface area (Å²) >= 11 is 6.01. The van der Waals surface area contributed by atoms with E-state index in [0.717, 1.165) is 0 Å². The van der Waals surface area contributed by atoms with Crippen molar-refractivity contribution in [2.24, 2.45) is 0 Å². The monoisotopic (exact) mass is 261 g/mol. The highest BCUT2D eigenvalue weighted by molar-refractivity contribution is 6.34. The summed E-state index contributed by atoms with van der Waals surface area (Å²) in [6.45, 7) is 0. The average Bonchev–Trinajstić information content (AvgIpc) is 2.42. The molecule has 1 amide bonds. The number of hydrogen-bond acceptors (Lipinski definition) is 2. The van der Waals surface area contributed by atoms with Gasteiger partial charge in [0.1, 0.15) is 5.75 Å². The lowest BCUT2D eigenvalue weighted by molar-refractivity contribution is 0.102. The first-order valence-electron chi connectivity index (χ1n) is 5.40. The molecule has 2 aromatic carbocycles. The Balaban J connectivity index is 2.21. The maximum atomic E-state index is 12.0. The van der Waals surface area contributed by atoms with Crippen LogP contribution in [0, 0.1) is 0 Å². The van der Waals surface area contributed by atoms with E-state index in [1.165, 1.54) is 0 Å². The van der Waals surface area contributed by atoms with Gasteiger partial charge in [0.05, 0.1) is 17.8 Å². The molecular formula is C14H12ClNO2. The van der Waals surface area contributed by atoms with Crippen LogP contribution in [0.4, 0.5) is 5.69 Å². The molecule has 1 N–H and O–H groups in total. The zero-order valence-electron chi connectivity index (χ0n) is 9.81. The smallest absolute Gasteiger partial charge is 0.255 e. The van der Waals surface area contributed by atoms with Crippen molar-refractivity contribution in [3.8, 4) is 5.75 Å². The Morgan fingerprint density at radius 1 is 1.17 bits per heavy atom. The highest BCUT2D eigenvalue weighted by Crippen LogP contribution is 2.27. The van der Waals surface area contributed by atoms with Crippen molar-refractivity contribution < 1.29 is 9.53 Å². The minimum atomic E-state index is -0.203. The van der Waals surface area contributed by atoms with Gasteiger partial charge in [-0.15, -0.1) is 0 Å². The fourth-order valence-electron chi connectivity index (χ4n) is 1.51. The normalized spacial score (nSPS) is 9.89. The Morgan fingerprint density at radius 3 is 2.56 bits per heavy atom. The predicted molar refractivity (Wildman–Crippen MR) is 72.4 cm³/mol. The maximum Gasteiger partial charge on any atom is 0.255 e. The molecule has 0 aromatic heterocycles. The molecule has 0 bridgehead atoms. The van der Waals surface area contributed by atoms with Gasteiger partial charge < -0.3 is 10.1 Å². The number of benzene rings is 2. The summed E-state index contributed by atoms with van der Waals surface area (Å²) < 4.78 is 5.09. The SMILES string of the molecule is COc1ccc(Cl)c(NC(=O)c2ccccc2)c1. The maximum absolute atomic E-state index is 12.0. The van der Waals surface area contributed by atoms with Gasteiger partial charge in [-0.25, -0.2) is 0 Å². The number of anilines is 1. The minimum Gasteiger partial charge on any atom is -0.497 e. The Labute approximate surface area is 110 Å². The molecule has 18 heavy (non-hydrogen) atoms. The van der Waals surface area contributed by atoms with Crippen LogP contribution in [0.25, 0.3) is 0 Å². The van der Waals surface area contributed by atoms with Crippen LogP contribution < -0.4 is 10.1 Å². The van der Waals surface area contributed by atoms with Crippen LogP contribution in [0.2, 0.25) is 5.02 Å². The largest absolute Gasteiger partial charge is 0.497 e. The van der Waals surface area contributed by atoms with Gasteiger partial charge in [0, 0.05) is 11.6 Å². The van der Waals surface area contributed by atoms with Crippen molar-refractivity contribution in [1.82, 2.24) is 0 Å². The molecule has 0 fully saturated rings. The zero-order valence-corrected chi connectivity index (χ0v) is 10.6. The predicted octanol–water partition coefficient (Wildman–Crippen LogP) is 3.60. The second kappa shape index (κ2) is 5.56. The van der Waals surface area contributed by atoms with E-state index in [0.29, 0.717) is 22.0 Å². The lowest BCUT2D eigenvalue weighted by Crippen LogP contribution is -2.12. The molecule has 0 aliphatic heterocycles. The van der Waals surface area contributed by atoms with Crippen LogP contribution >= 0.6 is 11.6 Å².